The number of rotatable bonds is 4. The van der Waals surface area contributed by atoms with E-state index in [1.165, 1.54) is 0 Å². The molecule has 1 rings (SSSR count). The average molecular weight is 244 g/mol. The van der Waals surface area contributed by atoms with Crippen molar-refractivity contribution >= 4 is 15.9 Å². The van der Waals surface area contributed by atoms with Gasteiger partial charge in [0.15, 0.2) is 0 Å². The van der Waals surface area contributed by atoms with E-state index >= 15 is 0 Å². The van der Waals surface area contributed by atoms with Gasteiger partial charge in [-0.25, -0.2) is 4.98 Å². The first-order chi connectivity index (χ1) is 6.22. The molecule has 1 aromatic heterocycles. The predicted molar refractivity (Wildman–Crippen MR) is 56.9 cm³/mol. The van der Waals surface area contributed by atoms with E-state index in [2.05, 4.69) is 34.8 Å². The monoisotopic (exact) mass is 243 g/mol. The zero-order valence-electron chi connectivity index (χ0n) is 7.96. The van der Waals surface area contributed by atoms with Crippen LogP contribution in [-0.4, -0.2) is 11.1 Å². The SMILES string of the molecule is CCCC(C)Oc1ccc(Br)nc1. The molecule has 72 valence electrons. The van der Waals surface area contributed by atoms with E-state index in [1.807, 2.05) is 12.1 Å². The Bertz CT molecular complexity index is 248. The molecule has 3 heteroatoms. The number of ether oxygens (including phenoxy) is 1. The molecule has 2 nitrogen and oxygen atoms in total. The lowest BCUT2D eigenvalue weighted by Crippen LogP contribution is -2.10. The van der Waals surface area contributed by atoms with Crippen molar-refractivity contribution in [3.63, 3.8) is 0 Å². The van der Waals surface area contributed by atoms with Crippen LogP contribution < -0.4 is 4.74 Å². The summed E-state index contributed by atoms with van der Waals surface area (Å²) in [4.78, 5) is 4.08. The van der Waals surface area contributed by atoms with Crippen molar-refractivity contribution in [1.82, 2.24) is 4.98 Å². The van der Waals surface area contributed by atoms with Gasteiger partial charge in [0.1, 0.15) is 10.4 Å². The third-order valence-electron chi connectivity index (χ3n) is 1.73. The maximum Gasteiger partial charge on any atom is 0.138 e. The van der Waals surface area contributed by atoms with Crippen molar-refractivity contribution in [2.45, 2.75) is 32.8 Å². The third-order valence-corrected chi connectivity index (χ3v) is 2.20. The first-order valence-electron chi connectivity index (χ1n) is 4.50. The van der Waals surface area contributed by atoms with Gasteiger partial charge in [-0.05, 0) is 41.4 Å². The second kappa shape index (κ2) is 5.22. The first kappa shape index (κ1) is 10.5. The van der Waals surface area contributed by atoms with Crippen molar-refractivity contribution in [2.24, 2.45) is 0 Å². The molecule has 0 aliphatic heterocycles. The smallest absolute Gasteiger partial charge is 0.138 e. The van der Waals surface area contributed by atoms with Crippen LogP contribution in [0.15, 0.2) is 22.9 Å². The molecule has 0 aliphatic rings. The summed E-state index contributed by atoms with van der Waals surface area (Å²) in [7, 11) is 0. The Kier molecular flexibility index (Phi) is 4.22. The lowest BCUT2D eigenvalue weighted by Gasteiger charge is -2.12. The molecule has 0 fully saturated rings. The van der Waals surface area contributed by atoms with E-state index in [-0.39, 0.29) is 6.10 Å². The Morgan fingerprint density at radius 3 is 2.85 bits per heavy atom. The Balaban J connectivity index is 2.49. The van der Waals surface area contributed by atoms with Crippen molar-refractivity contribution < 1.29 is 4.74 Å². The van der Waals surface area contributed by atoms with Gasteiger partial charge in [0, 0.05) is 0 Å². The molecule has 1 atom stereocenters. The summed E-state index contributed by atoms with van der Waals surface area (Å²) in [5.74, 6) is 0.837. The van der Waals surface area contributed by atoms with Crippen LogP contribution in [-0.2, 0) is 0 Å². The zero-order chi connectivity index (χ0) is 9.68. The molecule has 0 saturated heterocycles. The minimum absolute atomic E-state index is 0.271. The lowest BCUT2D eigenvalue weighted by molar-refractivity contribution is 0.209. The highest BCUT2D eigenvalue weighted by atomic mass is 79.9. The summed E-state index contributed by atoms with van der Waals surface area (Å²) in [6, 6.07) is 3.80. The summed E-state index contributed by atoms with van der Waals surface area (Å²) in [5, 5.41) is 0. The molecule has 0 amide bonds. The summed E-state index contributed by atoms with van der Waals surface area (Å²) in [5.41, 5.74) is 0. The van der Waals surface area contributed by atoms with Gasteiger partial charge in [-0.3, -0.25) is 0 Å². The Morgan fingerprint density at radius 1 is 1.54 bits per heavy atom. The van der Waals surface area contributed by atoms with E-state index in [4.69, 9.17) is 4.74 Å². The number of halogens is 1. The molecule has 1 aromatic rings. The summed E-state index contributed by atoms with van der Waals surface area (Å²) in [6.07, 6.45) is 4.23. The van der Waals surface area contributed by atoms with Crippen molar-refractivity contribution in [2.75, 3.05) is 0 Å². The largest absolute Gasteiger partial charge is 0.489 e. The number of hydrogen-bond acceptors (Lipinski definition) is 2. The number of hydrogen-bond donors (Lipinski definition) is 0. The molecular formula is C10H14BrNO. The van der Waals surface area contributed by atoms with Crippen LogP contribution in [0.3, 0.4) is 0 Å². The van der Waals surface area contributed by atoms with Crippen LogP contribution in [0.25, 0.3) is 0 Å². The van der Waals surface area contributed by atoms with Crippen LogP contribution >= 0.6 is 15.9 Å². The van der Waals surface area contributed by atoms with E-state index < -0.39 is 0 Å². The summed E-state index contributed by atoms with van der Waals surface area (Å²) < 4.78 is 6.46. The molecule has 1 heterocycles. The highest BCUT2D eigenvalue weighted by Gasteiger charge is 2.02. The summed E-state index contributed by atoms with van der Waals surface area (Å²) >= 11 is 3.28. The van der Waals surface area contributed by atoms with E-state index in [9.17, 15) is 0 Å². The van der Waals surface area contributed by atoms with Crippen LogP contribution in [0, 0.1) is 0 Å². The average Bonchev–Trinajstić information content (AvgIpc) is 2.09. The first-order valence-corrected chi connectivity index (χ1v) is 5.30. The van der Waals surface area contributed by atoms with E-state index in [0.29, 0.717) is 0 Å². The maximum atomic E-state index is 5.63. The van der Waals surface area contributed by atoms with E-state index in [0.717, 1.165) is 23.2 Å². The lowest BCUT2D eigenvalue weighted by atomic mass is 10.2. The quantitative estimate of drug-likeness (QED) is 0.757. The zero-order valence-corrected chi connectivity index (χ0v) is 9.54. The topological polar surface area (TPSA) is 22.1 Å². The molecule has 1 unspecified atom stereocenters. The molecule has 0 saturated carbocycles. The minimum atomic E-state index is 0.271. The van der Waals surface area contributed by atoms with Gasteiger partial charge in [0.05, 0.1) is 12.3 Å². The van der Waals surface area contributed by atoms with Crippen molar-refractivity contribution in [1.29, 1.82) is 0 Å². The van der Waals surface area contributed by atoms with Crippen LogP contribution in [0.4, 0.5) is 0 Å². The van der Waals surface area contributed by atoms with Crippen LogP contribution in [0.2, 0.25) is 0 Å². The number of pyridine rings is 1. The Hall–Kier alpha value is -0.570. The Morgan fingerprint density at radius 2 is 2.31 bits per heavy atom. The fourth-order valence-electron chi connectivity index (χ4n) is 1.13. The van der Waals surface area contributed by atoms with Gasteiger partial charge in [-0.2, -0.15) is 0 Å². The molecule has 0 bridgehead atoms. The Labute approximate surface area is 87.5 Å². The van der Waals surface area contributed by atoms with Crippen molar-refractivity contribution in [3.05, 3.63) is 22.9 Å². The van der Waals surface area contributed by atoms with Gasteiger partial charge >= 0.3 is 0 Å². The normalized spacial score (nSPS) is 12.5. The molecule has 0 radical (unpaired) electrons. The fraction of sp³-hybridized carbons (Fsp3) is 0.500. The number of aromatic nitrogens is 1. The second-order valence-corrected chi connectivity index (χ2v) is 3.85. The predicted octanol–water partition coefficient (Wildman–Crippen LogP) is 3.41. The highest BCUT2D eigenvalue weighted by molar-refractivity contribution is 9.10. The van der Waals surface area contributed by atoms with E-state index in [1.54, 1.807) is 6.20 Å². The van der Waals surface area contributed by atoms with Gasteiger partial charge < -0.3 is 4.74 Å². The van der Waals surface area contributed by atoms with Gasteiger partial charge in [-0.15, -0.1) is 0 Å². The standard InChI is InChI=1S/C10H14BrNO/c1-3-4-8(2)13-9-5-6-10(11)12-7-9/h5-8H,3-4H2,1-2H3. The van der Waals surface area contributed by atoms with Crippen molar-refractivity contribution in [3.8, 4) is 5.75 Å². The third kappa shape index (κ3) is 3.77. The molecule has 0 aliphatic carbocycles. The molecule has 13 heavy (non-hydrogen) atoms. The van der Waals surface area contributed by atoms with Gasteiger partial charge in [-0.1, -0.05) is 13.3 Å². The summed E-state index contributed by atoms with van der Waals surface area (Å²) in [6.45, 7) is 4.23. The fourth-order valence-corrected chi connectivity index (χ4v) is 1.36. The second-order valence-electron chi connectivity index (χ2n) is 3.03. The van der Waals surface area contributed by atoms with Gasteiger partial charge in [0.25, 0.3) is 0 Å². The minimum Gasteiger partial charge on any atom is -0.489 e. The van der Waals surface area contributed by atoms with Crippen LogP contribution in [0.1, 0.15) is 26.7 Å². The maximum absolute atomic E-state index is 5.63. The molecular weight excluding hydrogens is 230 g/mol. The van der Waals surface area contributed by atoms with Gasteiger partial charge in [0.2, 0.25) is 0 Å². The number of nitrogens with zero attached hydrogens (tertiary/aromatic N) is 1. The molecule has 0 spiro atoms. The van der Waals surface area contributed by atoms with Crippen LogP contribution in [0.5, 0.6) is 5.75 Å². The highest BCUT2D eigenvalue weighted by Crippen LogP contribution is 2.15. The molecule has 0 aromatic carbocycles. The molecule has 0 N–H and O–H groups in total.